The van der Waals surface area contributed by atoms with Crippen molar-refractivity contribution < 1.29 is 0 Å². The number of benzene rings is 2. The summed E-state index contributed by atoms with van der Waals surface area (Å²) in [6.07, 6.45) is 0. The molecule has 1 unspecified atom stereocenters. The number of rotatable bonds is 4. The molecule has 0 radical (unpaired) electrons. The van der Waals surface area contributed by atoms with Gasteiger partial charge in [0.25, 0.3) is 0 Å². The molecule has 0 bridgehead atoms. The standard InChI is InChI=1S/C15H14N2S2/c1-11(12-7-3-2-4-8-12)17-19-15-16-13-9-5-6-10-14(13)18-15/h2-11,17H,1H3. The Labute approximate surface area is 121 Å². The SMILES string of the molecule is CC(NSc1nc2ccccc2s1)c1ccccc1. The van der Waals surface area contributed by atoms with Gasteiger partial charge in [-0.2, -0.15) is 0 Å². The van der Waals surface area contributed by atoms with Crippen LogP contribution in [0.4, 0.5) is 0 Å². The fourth-order valence-corrected chi connectivity index (χ4v) is 3.68. The largest absolute Gasteiger partial charge is 0.251 e. The van der Waals surface area contributed by atoms with Gasteiger partial charge in [-0.3, -0.25) is 4.72 Å². The second-order valence-electron chi connectivity index (χ2n) is 4.30. The molecule has 1 aromatic heterocycles. The van der Waals surface area contributed by atoms with Crippen LogP contribution in [0.5, 0.6) is 0 Å². The highest BCUT2D eigenvalue weighted by Gasteiger charge is 2.07. The number of nitrogens with zero attached hydrogens (tertiary/aromatic N) is 1. The predicted octanol–water partition coefficient (Wildman–Crippen LogP) is 4.65. The number of fused-ring (bicyclic) bond motifs is 1. The zero-order valence-corrected chi connectivity index (χ0v) is 12.2. The summed E-state index contributed by atoms with van der Waals surface area (Å²) in [6, 6.07) is 19.0. The fourth-order valence-electron chi connectivity index (χ4n) is 1.84. The van der Waals surface area contributed by atoms with E-state index >= 15 is 0 Å². The van der Waals surface area contributed by atoms with E-state index in [1.807, 2.05) is 12.1 Å². The van der Waals surface area contributed by atoms with E-state index in [0.29, 0.717) is 6.04 Å². The van der Waals surface area contributed by atoms with E-state index in [-0.39, 0.29) is 0 Å². The summed E-state index contributed by atoms with van der Waals surface area (Å²) in [5, 5.41) is 0. The van der Waals surface area contributed by atoms with E-state index in [2.05, 4.69) is 59.1 Å². The van der Waals surface area contributed by atoms with Crippen LogP contribution in [-0.4, -0.2) is 4.98 Å². The van der Waals surface area contributed by atoms with Crippen LogP contribution >= 0.6 is 23.3 Å². The zero-order chi connectivity index (χ0) is 13.1. The monoisotopic (exact) mass is 286 g/mol. The highest BCUT2D eigenvalue weighted by molar-refractivity contribution is 7.99. The Morgan fingerprint density at radius 2 is 1.79 bits per heavy atom. The molecule has 0 saturated carbocycles. The second kappa shape index (κ2) is 5.74. The summed E-state index contributed by atoms with van der Waals surface area (Å²) >= 11 is 3.33. The maximum atomic E-state index is 4.60. The number of thiazole rings is 1. The van der Waals surface area contributed by atoms with Gasteiger partial charge in [-0.15, -0.1) is 11.3 Å². The molecule has 96 valence electrons. The van der Waals surface area contributed by atoms with Crippen LogP contribution in [0.2, 0.25) is 0 Å². The van der Waals surface area contributed by atoms with Crippen LogP contribution in [0, 0.1) is 0 Å². The average Bonchev–Trinajstić information content (AvgIpc) is 2.88. The molecule has 0 aliphatic rings. The molecule has 0 amide bonds. The minimum absolute atomic E-state index is 0.304. The fraction of sp³-hybridized carbons (Fsp3) is 0.133. The molecule has 1 N–H and O–H groups in total. The van der Waals surface area contributed by atoms with E-state index in [9.17, 15) is 0 Å². The van der Waals surface area contributed by atoms with Gasteiger partial charge in [0, 0.05) is 6.04 Å². The quantitative estimate of drug-likeness (QED) is 0.706. The van der Waals surface area contributed by atoms with E-state index in [0.717, 1.165) is 9.86 Å². The molecule has 0 aliphatic heterocycles. The van der Waals surface area contributed by atoms with Crippen LogP contribution in [0.3, 0.4) is 0 Å². The summed E-state index contributed by atoms with van der Waals surface area (Å²) in [6.45, 7) is 2.16. The lowest BCUT2D eigenvalue weighted by Crippen LogP contribution is -2.09. The van der Waals surface area contributed by atoms with Gasteiger partial charge >= 0.3 is 0 Å². The van der Waals surface area contributed by atoms with Crippen molar-refractivity contribution in [2.75, 3.05) is 0 Å². The molecule has 19 heavy (non-hydrogen) atoms. The van der Waals surface area contributed by atoms with Gasteiger partial charge in [0.1, 0.15) is 0 Å². The van der Waals surface area contributed by atoms with Gasteiger partial charge in [-0.1, -0.05) is 42.5 Å². The van der Waals surface area contributed by atoms with Crippen LogP contribution in [0.25, 0.3) is 10.2 Å². The van der Waals surface area contributed by atoms with E-state index < -0.39 is 0 Å². The first-order valence-corrected chi connectivity index (χ1v) is 7.79. The Morgan fingerprint density at radius 3 is 2.58 bits per heavy atom. The maximum Gasteiger partial charge on any atom is 0.166 e. The van der Waals surface area contributed by atoms with Gasteiger partial charge in [0.15, 0.2) is 4.34 Å². The van der Waals surface area contributed by atoms with Crippen molar-refractivity contribution in [1.29, 1.82) is 0 Å². The third-order valence-corrected chi connectivity index (χ3v) is 4.97. The first-order valence-electron chi connectivity index (χ1n) is 6.16. The van der Waals surface area contributed by atoms with Crippen molar-refractivity contribution in [2.45, 2.75) is 17.3 Å². The number of hydrogen-bond donors (Lipinski definition) is 1. The van der Waals surface area contributed by atoms with Crippen LogP contribution in [0.15, 0.2) is 58.9 Å². The predicted molar refractivity (Wildman–Crippen MR) is 83.5 cm³/mol. The van der Waals surface area contributed by atoms with Gasteiger partial charge in [0.2, 0.25) is 0 Å². The maximum absolute atomic E-state index is 4.60. The van der Waals surface area contributed by atoms with E-state index in [4.69, 9.17) is 0 Å². The lowest BCUT2D eigenvalue weighted by molar-refractivity contribution is 0.754. The molecule has 0 saturated heterocycles. The Balaban J connectivity index is 1.69. The van der Waals surface area contributed by atoms with Crippen molar-refractivity contribution >= 4 is 33.5 Å². The average molecular weight is 286 g/mol. The van der Waals surface area contributed by atoms with Gasteiger partial charge in [-0.25, -0.2) is 4.98 Å². The zero-order valence-electron chi connectivity index (χ0n) is 10.5. The topological polar surface area (TPSA) is 24.9 Å². The molecule has 3 aromatic rings. The van der Waals surface area contributed by atoms with Crippen molar-refractivity contribution in [3.05, 3.63) is 60.2 Å². The van der Waals surface area contributed by atoms with Crippen LogP contribution < -0.4 is 4.72 Å². The minimum Gasteiger partial charge on any atom is -0.251 e. The normalized spacial score (nSPS) is 12.7. The summed E-state index contributed by atoms with van der Waals surface area (Å²) in [7, 11) is 0. The lowest BCUT2D eigenvalue weighted by Gasteiger charge is -2.11. The Hall–Kier alpha value is -1.36. The molecule has 2 aromatic carbocycles. The molecule has 4 heteroatoms. The summed E-state index contributed by atoms with van der Waals surface area (Å²) in [5.74, 6) is 0. The minimum atomic E-state index is 0.304. The molecule has 0 fully saturated rings. The lowest BCUT2D eigenvalue weighted by atomic mass is 10.1. The number of para-hydroxylation sites is 1. The summed E-state index contributed by atoms with van der Waals surface area (Å²) in [4.78, 5) is 4.60. The van der Waals surface area contributed by atoms with E-state index in [1.54, 1.807) is 23.3 Å². The molecule has 3 rings (SSSR count). The van der Waals surface area contributed by atoms with Crippen LogP contribution in [-0.2, 0) is 0 Å². The summed E-state index contributed by atoms with van der Waals surface area (Å²) in [5.41, 5.74) is 2.36. The molecule has 0 spiro atoms. The van der Waals surface area contributed by atoms with Gasteiger partial charge in [-0.05, 0) is 36.6 Å². The molecular weight excluding hydrogens is 272 g/mol. The van der Waals surface area contributed by atoms with Crippen molar-refractivity contribution in [2.24, 2.45) is 0 Å². The third-order valence-electron chi connectivity index (χ3n) is 2.90. The molecule has 1 heterocycles. The number of hydrogen-bond acceptors (Lipinski definition) is 4. The highest BCUT2D eigenvalue weighted by atomic mass is 32.2. The van der Waals surface area contributed by atoms with Crippen molar-refractivity contribution in [3.63, 3.8) is 0 Å². The Kier molecular flexibility index (Phi) is 3.82. The number of nitrogens with one attached hydrogen (secondary N) is 1. The second-order valence-corrected chi connectivity index (χ2v) is 6.42. The molecule has 2 nitrogen and oxygen atoms in total. The first-order chi connectivity index (χ1) is 9.33. The Bertz CT molecular complexity index is 631. The smallest absolute Gasteiger partial charge is 0.166 e. The van der Waals surface area contributed by atoms with Gasteiger partial charge in [0.05, 0.1) is 10.2 Å². The van der Waals surface area contributed by atoms with E-state index in [1.165, 1.54) is 10.3 Å². The van der Waals surface area contributed by atoms with Crippen molar-refractivity contribution in [1.82, 2.24) is 9.71 Å². The first kappa shape index (κ1) is 12.7. The highest BCUT2D eigenvalue weighted by Crippen LogP contribution is 2.29. The molecule has 0 aliphatic carbocycles. The summed E-state index contributed by atoms with van der Waals surface area (Å²) < 4.78 is 5.74. The molecular formula is C15H14N2S2. The van der Waals surface area contributed by atoms with Crippen molar-refractivity contribution in [3.8, 4) is 0 Å². The van der Waals surface area contributed by atoms with Gasteiger partial charge < -0.3 is 0 Å². The Morgan fingerprint density at radius 1 is 1.05 bits per heavy atom. The molecule has 1 atom stereocenters. The third kappa shape index (κ3) is 2.97. The number of aromatic nitrogens is 1. The van der Waals surface area contributed by atoms with Crippen LogP contribution in [0.1, 0.15) is 18.5 Å².